The molecule has 30 heavy (non-hydrogen) atoms. The van der Waals surface area contributed by atoms with Crippen LogP contribution in [-0.2, 0) is 4.79 Å². The second-order valence-corrected chi connectivity index (χ2v) is 8.94. The van der Waals surface area contributed by atoms with Crippen molar-refractivity contribution in [2.45, 2.75) is 37.6 Å². The van der Waals surface area contributed by atoms with Crippen LogP contribution in [0.4, 0.5) is 10.8 Å². The molecule has 158 valence electrons. The average molecular weight is 444 g/mol. The van der Waals surface area contributed by atoms with Crippen LogP contribution >= 0.6 is 23.1 Å². The van der Waals surface area contributed by atoms with E-state index in [9.17, 15) is 4.79 Å². The van der Waals surface area contributed by atoms with Gasteiger partial charge < -0.3 is 15.0 Å². The first-order valence-electron chi connectivity index (χ1n) is 10.3. The average Bonchev–Trinajstić information content (AvgIpc) is 3.01. The summed E-state index contributed by atoms with van der Waals surface area (Å²) in [6.45, 7) is 4.55. The minimum Gasteiger partial charge on any atom is -0.492 e. The number of fused-ring (bicyclic) bond motifs is 1. The van der Waals surface area contributed by atoms with Crippen LogP contribution in [-0.4, -0.2) is 46.3 Å². The summed E-state index contributed by atoms with van der Waals surface area (Å²) in [5, 5.41) is 4.73. The summed E-state index contributed by atoms with van der Waals surface area (Å²) in [5.74, 6) is 0.826. The number of anilines is 2. The highest BCUT2D eigenvalue weighted by Crippen LogP contribution is 2.34. The SMILES string of the molecule is CCOc1ccccc1NC(=O)CSc1ncnc2nc(N3CCCCCC3)sc12. The lowest BCUT2D eigenvalue weighted by Gasteiger charge is -2.18. The van der Waals surface area contributed by atoms with Crippen LogP contribution in [0.1, 0.15) is 32.6 Å². The molecule has 3 aromatic rings. The summed E-state index contributed by atoms with van der Waals surface area (Å²) in [7, 11) is 0. The van der Waals surface area contributed by atoms with Crippen molar-refractivity contribution in [3.05, 3.63) is 30.6 Å². The van der Waals surface area contributed by atoms with Gasteiger partial charge in [-0.15, -0.1) is 0 Å². The number of carbonyl (C=O) groups excluding carboxylic acids is 1. The zero-order valence-electron chi connectivity index (χ0n) is 17.0. The van der Waals surface area contributed by atoms with E-state index in [0.717, 1.165) is 27.9 Å². The molecule has 1 aliphatic heterocycles. The topological polar surface area (TPSA) is 80.2 Å². The summed E-state index contributed by atoms with van der Waals surface area (Å²) in [5.41, 5.74) is 1.39. The monoisotopic (exact) mass is 443 g/mol. The lowest BCUT2D eigenvalue weighted by molar-refractivity contribution is -0.113. The van der Waals surface area contributed by atoms with Crippen LogP contribution in [0.3, 0.4) is 0 Å². The molecule has 1 saturated heterocycles. The zero-order valence-corrected chi connectivity index (χ0v) is 18.6. The van der Waals surface area contributed by atoms with Gasteiger partial charge in [0.1, 0.15) is 21.8 Å². The molecule has 1 amide bonds. The maximum Gasteiger partial charge on any atom is 0.234 e. The minimum atomic E-state index is -0.101. The number of benzene rings is 1. The van der Waals surface area contributed by atoms with Gasteiger partial charge in [0.25, 0.3) is 0 Å². The van der Waals surface area contributed by atoms with E-state index in [1.54, 1.807) is 11.3 Å². The standard InChI is InChI=1S/C21H25N5O2S2/c1-2-28-16-10-6-5-9-15(16)24-17(27)13-29-20-18-19(22-14-23-20)25-21(30-18)26-11-7-3-4-8-12-26/h5-6,9-10,14H,2-4,7-8,11-13H2,1H3,(H,24,27). The maximum absolute atomic E-state index is 12.5. The molecule has 2 aromatic heterocycles. The molecule has 1 fully saturated rings. The Morgan fingerprint density at radius 3 is 2.80 bits per heavy atom. The van der Waals surface area contributed by atoms with Crippen molar-refractivity contribution >= 4 is 50.2 Å². The summed E-state index contributed by atoms with van der Waals surface area (Å²) in [6, 6.07) is 7.45. The fourth-order valence-electron chi connectivity index (χ4n) is 3.39. The number of nitrogens with zero attached hydrogens (tertiary/aromatic N) is 4. The molecule has 0 aliphatic carbocycles. The molecular formula is C21H25N5O2S2. The molecule has 0 spiro atoms. The largest absolute Gasteiger partial charge is 0.492 e. The quantitative estimate of drug-likeness (QED) is 0.422. The lowest BCUT2D eigenvalue weighted by Crippen LogP contribution is -2.23. The van der Waals surface area contributed by atoms with Crippen LogP contribution < -0.4 is 15.0 Å². The Kier molecular flexibility index (Phi) is 7.01. The Morgan fingerprint density at radius 2 is 2.00 bits per heavy atom. The molecule has 7 nitrogen and oxygen atoms in total. The highest BCUT2D eigenvalue weighted by atomic mass is 32.2. The summed E-state index contributed by atoms with van der Waals surface area (Å²) in [4.78, 5) is 28.3. The van der Waals surface area contributed by atoms with Crippen LogP contribution in [0.25, 0.3) is 10.3 Å². The Balaban J connectivity index is 1.44. The van der Waals surface area contributed by atoms with Gasteiger partial charge in [-0.1, -0.05) is 48.1 Å². The highest BCUT2D eigenvalue weighted by molar-refractivity contribution is 8.00. The fourth-order valence-corrected chi connectivity index (χ4v) is 5.34. The number of aromatic nitrogens is 3. The van der Waals surface area contributed by atoms with Crippen LogP contribution in [0.15, 0.2) is 35.6 Å². The molecule has 4 rings (SSSR count). The number of hydrogen-bond acceptors (Lipinski definition) is 8. The van der Waals surface area contributed by atoms with Crippen molar-refractivity contribution in [2.24, 2.45) is 0 Å². The van der Waals surface area contributed by atoms with Gasteiger partial charge in [0.05, 0.1) is 18.0 Å². The van der Waals surface area contributed by atoms with Crippen molar-refractivity contribution in [3.63, 3.8) is 0 Å². The normalized spacial score (nSPS) is 14.5. The van der Waals surface area contributed by atoms with E-state index < -0.39 is 0 Å². The molecule has 1 aromatic carbocycles. The van der Waals surface area contributed by atoms with E-state index in [1.807, 2.05) is 31.2 Å². The number of thiazole rings is 1. The third-order valence-electron chi connectivity index (χ3n) is 4.82. The highest BCUT2D eigenvalue weighted by Gasteiger charge is 2.18. The second-order valence-electron chi connectivity index (χ2n) is 7.00. The van der Waals surface area contributed by atoms with E-state index >= 15 is 0 Å². The first-order valence-corrected chi connectivity index (χ1v) is 12.1. The Morgan fingerprint density at radius 1 is 1.20 bits per heavy atom. The van der Waals surface area contributed by atoms with Gasteiger partial charge in [-0.3, -0.25) is 4.79 Å². The van der Waals surface area contributed by atoms with E-state index in [4.69, 9.17) is 9.72 Å². The molecule has 0 atom stereocenters. The Bertz CT molecular complexity index is 1000. The Labute approximate surface area is 184 Å². The third-order valence-corrected chi connectivity index (χ3v) is 7.06. The molecular weight excluding hydrogens is 418 g/mol. The predicted octanol–water partition coefficient (Wildman–Crippen LogP) is 4.60. The zero-order chi connectivity index (χ0) is 20.8. The molecule has 0 bridgehead atoms. The molecule has 9 heteroatoms. The van der Waals surface area contributed by atoms with E-state index in [0.29, 0.717) is 23.7 Å². The van der Waals surface area contributed by atoms with Crippen molar-refractivity contribution in [2.75, 3.05) is 35.7 Å². The van der Waals surface area contributed by atoms with Crippen LogP contribution in [0.5, 0.6) is 5.75 Å². The predicted molar refractivity (Wildman–Crippen MR) is 123 cm³/mol. The smallest absolute Gasteiger partial charge is 0.234 e. The number of carbonyl (C=O) groups is 1. The van der Waals surface area contributed by atoms with Crippen LogP contribution in [0, 0.1) is 0 Å². The second kappa shape index (κ2) is 10.1. The number of amides is 1. The molecule has 3 heterocycles. The molecule has 0 unspecified atom stereocenters. The van der Waals surface area contributed by atoms with E-state index in [1.165, 1.54) is 43.8 Å². The van der Waals surface area contributed by atoms with E-state index in [2.05, 4.69) is 20.2 Å². The molecule has 1 N–H and O–H groups in total. The fraction of sp³-hybridized carbons (Fsp3) is 0.429. The van der Waals surface area contributed by atoms with Crippen molar-refractivity contribution in [1.29, 1.82) is 0 Å². The molecule has 1 aliphatic rings. The van der Waals surface area contributed by atoms with Gasteiger partial charge in [-0.05, 0) is 31.9 Å². The lowest BCUT2D eigenvalue weighted by atomic mass is 10.2. The number of rotatable bonds is 7. The number of para-hydroxylation sites is 2. The van der Waals surface area contributed by atoms with Crippen molar-refractivity contribution in [3.8, 4) is 5.75 Å². The summed E-state index contributed by atoms with van der Waals surface area (Å²) in [6.07, 6.45) is 6.49. The van der Waals surface area contributed by atoms with Gasteiger partial charge in [-0.25, -0.2) is 9.97 Å². The number of nitrogens with one attached hydrogen (secondary N) is 1. The first-order chi connectivity index (χ1) is 14.7. The number of ether oxygens (including phenoxy) is 1. The summed E-state index contributed by atoms with van der Waals surface area (Å²) < 4.78 is 6.52. The minimum absolute atomic E-state index is 0.101. The number of thioether (sulfide) groups is 1. The van der Waals surface area contributed by atoms with Gasteiger partial charge in [0.15, 0.2) is 10.8 Å². The maximum atomic E-state index is 12.5. The van der Waals surface area contributed by atoms with E-state index in [-0.39, 0.29) is 11.7 Å². The molecule has 0 saturated carbocycles. The summed E-state index contributed by atoms with van der Waals surface area (Å²) >= 11 is 3.03. The Hall–Kier alpha value is -2.39. The number of hydrogen-bond donors (Lipinski definition) is 1. The van der Waals surface area contributed by atoms with Gasteiger partial charge in [-0.2, -0.15) is 4.98 Å². The van der Waals surface area contributed by atoms with Gasteiger partial charge >= 0.3 is 0 Å². The first kappa shape index (κ1) is 20.9. The van der Waals surface area contributed by atoms with Crippen molar-refractivity contribution < 1.29 is 9.53 Å². The van der Waals surface area contributed by atoms with Gasteiger partial charge in [0.2, 0.25) is 5.91 Å². The van der Waals surface area contributed by atoms with Crippen molar-refractivity contribution in [1.82, 2.24) is 15.0 Å². The van der Waals surface area contributed by atoms with Gasteiger partial charge in [0, 0.05) is 13.1 Å². The van der Waals surface area contributed by atoms with Crippen LogP contribution in [0.2, 0.25) is 0 Å². The third kappa shape index (κ3) is 5.02. The molecule has 0 radical (unpaired) electrons.